The minimum atomic E-state index is -0.0963. The van der Waals surface area contributed by atoms with Crippen LogP contribution in [-0.4, -0.2) is 5.91 Å². The minimum Gasteiger partial charge on any atom is -0.326 e. The molecular formula is C16H18N2O. The van der Waals surface area contributed by atoms with Gasteiger partial charge in [-0.05, 0) is 43.7 Å². The van der Waals surface area contributed by atoms with E-state index in [0.717, 1.165) is 22.4 Å². The highest BCUT2D eigenvalue weighted by molar-refractivity contribution is 6.04. The van der Waals surface area contributed by atoms with Crippen molar-refractivity contribution in [3.05, 3.63) is 64.7 Å². The number of nitrogens with two attached hydrogens (primary N) is 1. The highest BCUT2D eigenvalue weighted by Crippen LogP contribution is 2.14. The van der Waals surface area contributed by atoms with E-state index in [2.05, 4.69) is 5.32 Å². The number of carbonyl (C=O) groups excluding carboxylic acids is 1. The van der Waals surface area contributed by atoms with Gasteiger partial charge in [-0.25, -0.2) is 0 Å². The Morgan fingerprint density at radius 1 is 1.11 bits per heavy atom. The summed E-state index contributed by atoms with van der Waals surface area (Å²) in [5.74, 6) is -0.0963. The Hall–Kier alpha value is -2.13. The average Bonchev–Trinajstić information content (AvgIpc) is 2.37. The van der Waals surface area contributed by atoms with Gasteiger partial charge in [0.25, 0.3) is 5.91 Å². The van der Waals surface area contributed by atoms with E-state index in [-0.39, 0.29) is 5.91 Å². The predicted octanol–water partition coefficient (Wildman–Crippen LogP) is 3.01. The molecular weight excluding hydrogens is 236 g/mol. The van der Waals surface area contributed by atoms with Crippen LogP contribution in [0.1, 0.15) is 27.0 Å². The second-order valence-corrected chi connectivity index (χ2v) is 4.74. The third-order valence-corrected chi connectivity index (χ3v) is 2.90. The van der Waals surface area contributed by atoms with E-state index in [4.69, 9.17) is 5.73 Å². The van der Waals surface area contributed by atoms with E-state index >= 15 is 0 Å². The fourth-order valence-electron chi connectivity index (χ4n) is 2.09. The Morgan fingerprint density at radius 3 is 2.42 bits per heavy atom. The van der Waals surface area contributed by atoms with Crippen molar-refractivity contribution in [2.24, 2.45) is 5.73 Å². The van der Waals surface area contributed by atoms with Crippen molar-refractivity contribution in [2.45, 2.75) is 20.4 Å². The molecule has 98 valence electrons. The molecule has 0 spiro atoms. The molecule has 2 rings (SSSR count). The van der Waals surface area contributed by atoms with Gasteiger partial charge in [-0.15, -0.1) is 0 Å². The van der Waals surface area contributed by atoms with Crippen LogP contribution in [0.4, 0.5) is 5.69 Å². The Kier molecular flexibility index (Phi) is 3.97. The maximum atomic E-state index is 12.2. The number of hydrogen-bond acceptors (Lipinski definition) is 2. The zero-order chi connectivity index (χ0) is 13.8. The van der Waals surface area contributed by atoms with Crippen molar-refractivity contribution in [2.75, 3.05) is 5.32 Å². The first kappa shape index (κ1) is 13.3. The number of benzene rings is 2. The number of rotatable bonds is 3. The summed E-state index contributed by atoms with van der Waals surface area (Å²) in [6.45, 7) is 4.44. The number of nitrogens with one attached hydrogen (secondary N) is 1. The Bertz CT molecular complexity index is 585. The van der Waals surface area contributed by atoms with Crippen molar-refractivity contribution in [3.63, 3.8) is 0 Å². The maximum Gasteiger partial charge on any atom is 0.255 e. The van der Waals surface area contributed by atoms with Crippen LogP contribution in [0, 0.1) is 13.8 Å². The topological polar surface area (TPSA) is 55.1 Å². The fourth-order valence-corrected chi connectivity index (χ4v) is 2.09. The van der Waals surface area contributed by atoms with Crippen LogP contribution in [0.3, 0.4) is 0 Å². The van der Waals surface area contributed by atoms with E-state index in [9.17, 15) is 4.79 Å². The summed E-state index contributed by atoms with van der Waals surface area (Å²) in [4.78, 5) is 12.2. The van der Waals surface area contributed by atoms with Crippen LogP contribution < -0.4 is 11.1 Å². The van der Waals surface area contributed by atoms with Gasteiger partial charge in [0.2, 0.25) is 0 Å². The third kappa shape index (κ3) is 3.42. The molecule has 0 aliphatic carbocycles. The molecule has 0 bridgehead atoms. The van der Waals surface area contributed by atoms with Crippen LogP contribution in [0.15, 0.2) is 42.5 Å². The lowest BCUT2D eigenvalue weighted by Gasteiger charge is -2.08. The summed E-state index contributed by atoms with van der Waals surface area (Å²) in [7, 11) is 0. The highest BCUT2D eigenvalue weighted by Gasteiger charge is 2.07. The smallest absolute Gasteiger partial charge is 0.255 e. The number of amides is 1. The molecule has 0 atom stereocenters. The molecule has 0 unspecified atom stereocenters. The summed E-state index contributed by atoms with van der Waals surface area (Å²) < 4.78 is 0. The van der Waals surface area contributed by atoms with E-state index in [1.165, 1.54) is 0 Å². The van der Waals surface area contributed by atoms with Crippen LogP contribution in [0.2, 0.25) is 0 Å². The number of carbonyl (C=O) groups is 1. The molecule has 0 saturated carbocycles. The largest absolute Gasteiger partial charge is 0.326 e. The van der Waals surface area contributed by atoms with E-state index in [1.807, 2.05) is 56.3 Å². The summed E-state index contributed by atoms with van der Waals surface area (Å²) in [5, 5.41) is 2.89. The lowest BCUT2D eigenvalue weighted by Crippen LogP contribution is -2.12. The molecule has 3 N–H and O–H groups in total. The monoisotopic (exact) mass is 254 g/mol. The lowest BCUT2D eigenvalue weighted by atomic mass is 10.1. The molecule has 2 aromatic rings. The van der Waals surface area contributed by atoms with Crippen LogP contribution in [0.5, 0.6) is 0 Å². The predicted molar refractivity (Wildman–Crippen MR) is 78.2 cm³/mol. The second kappa shape index (κ2) is 5.67. The van der Waals surface area contributed by atoms with Gasteiger partial charge < -0.3 is 11.1 Å². The van der Waals surface area contributed by atoms with E-state index in [1.54, 1.807) is 0 Å². The van der Waals surface area contributed by atoms with Crippen molar-refractivity contribution in [1.82, 2.24) is 0 Å². The first-order chi connectivity index (χ1) is 9.08. The average molecular weight is 254 g/mol. The third-order valence-electron chi connectivity index (χ3n) is 2.90. The normalized spacial score (nSPS) is 10.3. The van der Waals surface area contributed by atoms with Crippen LogP contribution in [0.25, 0.3) is 0 Å². The molecule has 0 saturated heterocycles. The van der Waals surface area contributed by atoms with Crippen molar-refractivity contribution < 1.29 is 4.79 Å². The first-order valence-electron chi connectivity index (χ1n) is 6.27. The van der Waals surface area contributed by atoms with Gasteiger partial charge in [-0.2, -0.15) is 0 Å². The molecule has 0 fully saturated rings. The molecule has 3 heteroatoms. The Balaban J connectivity index is 2.20. The molecule has 0 aliphatic rings. The van der Waals surface area contributed by atoms with E-state index in [0.29, 0.717) is 12.1 Å². The zero-order valence-corrected chi connectivity index (χ0v) is 11.2. The van der Waals surface area contributed by atoms with Gasteiger partial charge >= 0.3 is 0 Å². The summed E-state index contributed by atoms with van der Waals surface area (Å²) in [6.07, 6.45) is 0. The summed E-state index contributed by atoms with van der Waals surface area (Å²) in [5.41, 5.74) is 10.2. The lowest BCUT2D eigenvalue weighted by molar-refractivity contribution is 0.102. The van der Waals surface area contributed by atoms with Crippen LogP contribution >= 0.6 is 0 Å². The fraction of sp³-hybridized carbons (Fsp3) is 0.188. The van der Waals surface area contributed by atoms with Gasteiger partial charge in [-0.3, -0.25) is 4.79 Å². The SMILES string of the molecule is Cc1cc(C)cc(C(=O)Nc2cccc(CN)c2)c1. The summed E-state index contributed by atoms with van der Waals surface area (Å²) >= 11 is 0. The second-order valence-electron chi connectivity index (χ2n) is 4.74. The molecule has 19 heavy (non-hydrogen) atoms. The highest BCUT2D eigenvalue weighted by atomic mass is 16.1. The Morgan fingerprint density at radius 2 is 1.79 bits per heavy atom. The molecule has 2 aromatic carbocycles. The van der Waals surface area contributed by atoms with Crippen molar-refractivity contribution in [1.29, 1.82) is 0 Å². The van der Waals surface area contributed by atoms with Gasteiger partial charge in [-0.1, -0.05) is 29.3 Å². The minimum absolute atomic E-state index is 0.0963. The van der Waals surface area contributed by atoms with Gasteiger partial charge in [0.15, 0.2) is 0 Å². The molecule has 3 nitrogen and oxygen atoms in total. The quantitative estimate of drug-likeness (QED) is 0.884. The van der Waals surface area contributed by atoms with Gasteiger partial charge in [0, 0.05) is 17.8 Å². The molecule has 0 aromatic heterocycles. The van der Waals surface area contributed by atoms with Crippen molar-refractivity contribution >= 4 is 11.6 Å². The van der Waals surface area contributed by atoms with Gasteiger partial charge in [0.1, 0.15) is 0 Å². The van der Waals surface area contributed by atoms with E-state index < -0.39 is 0 Å². The summed E-state index contributed by atoms with van der Waals surface area (Å²) in [6, 6.07) is 13.4. The number of aryl methyl sites for hydroxylation is 2. The molecule has 0 aliphatic heterocycles. The number of anilines is 1. The van der Waals surface area contributed by atoms with Gasteiger partial charge in [0.05, 0.1) is 0 Å². The molecule has 1 amide bonds. The molecule has 0 heterocycles. The number of hydrogen-bond donors (Lipinski definition) is 2. The standard InChI is InChI=1S/C16H18N2O/c1-11-6-12(2)8-14(7-11)16(19)18-15-5-3-4-13(9-15)10-17/h3-9H,10,17H2,1-2H3,(H,18,19). The maximum absolute atomic E-state index is 12.2. The first-order valence-corrected chi connectivity index (χ1v) is 6.27. The Labute approximate surface area is 113 Å². The molecule has 0 radical (unpaired) electrons. The zero-order valence-electron chi connectivity index (χ0n) is 11.2. The van der Waals surface area contributed by atoms with Crippen molar-refractivity contribution in [3.8, 4) is 0 Å². The van der Waals surface area contributed by atoms with Crippen LogP contribution in [-0.2, 0) is 6.54 Å².